The summed E-state index contributed by atoms with van der Waals surface area (Å²) in [6, 6.07) is 8.66. The molecule has 11 nitrogen and oxygen atoms in total. The predicted octanol–water partition coefficient (Wildman–Crippen LogP) is 3.34. The van der Waals surface area contributed by atoms with Gasteiger partial charge < -0.3 is 30.7 Å². The number of anilines is 3. The number of nitrogens with two attached hydrogens (primary N) is 1. The number of para-hydroxylation sites is 1. The van der Waals surface area contributed by atoms with Gasteiger partial charge in [0.15, 0.2) is 17.5 Å². The smallest absolute Gasteiger partial charge is 0.408 e. The van der Waals surface area contributed by atoms with E-state index in [1.165, 1.54) is 0 Å². The number of nitrogen functional groups attached to an aromatic ring is 1. The number of carbonyl (C=O) groups excluding carboxylic acids is 1. The Morgan fingerprint density at radius 3 is 2.77 bits per heavy atom. The lowest BCUT2D eigenvalue weighted by Crippen LogP contribution is -2.36. The van der Waals surface area contributed by atoms with E-state index in [0.717, 1.165) is 6.20 Å². The second-order valence-corrected chi connectivity index (χ2v) is 10.4. The van der Waals surface area contributed by atoms with E-state index in [4.69, 9.17) is 10.5 Å². The van der Waals surface area contributed by atoms with E-state index < -0.39 is 17.5 Å². The van der Waals surface area contributed by atoms with Crippen LogP contribution in [0.1, 0.15) is 39.9 Å². The van der Waals surface area contributed by atoms with Gasteiger partial charge >= 0.3 is 6.09 Å². The van der Waals surface area contributed by atoms with Gasteiger partial charge in [0.05, 0.1) is 24.1 Å². The average Bonchev–Trinajstić information content (AvgIpc) is 3.08. The summed E-state index contributed by atoms with van der Waals surface area (Å²) in [4.78, 5) is 24.1. The van der Waals surface area contributed by atoms with Crippen LogP contribution in [0.15, 0.2) is 36.5 Å². The Morgan fingerprint density at radius 1 is 1.25 bits per heavy atom. The van der Waals surface area contributed by atoms with E-state index >= 15 is 0 Å². The van der Waals surface area contributed by atoms with Crippen molar-refractivity contribution in [3.8, 4) is 28.8 Å². The van der Waals surface area contributed by atoms with Crippen LogP contribution in [0, 0.1) is 17.7 Å². The highest BCUT2D eigenvalue weighted by Crippen LogP contribution is 2.32. The van der Waals surface area contributed by atoms with Crippen LogP contribution in [0.2, 0.25) is 0 Å². The molecule has 210 valence electrons. The zero-order valence-electron chi connectivity index (χ0n) is 23.0. The molecule has 1 aliphatic heterocycles. The molecule has 3 aromatic rings. The lowest BCUT2D eigenvalue weighted by Gasteiger charge is -2.28. The molecule has 0 saturated carbocycles. The highest BCUT2D eigenvalue weighted by Gasteiger charge is 2.26. The molecular weight excluding hydrogens is 515 g/mol. The Balaban J connectivity index is 1.48. The Hall–Kier alpha value is -4.66. The quantitative estimate of drug-likeness (QED) is 0.416. The van der Waals surface area contributed by atoms with Crippen molar-refractivity contribution >= 4 is 23.4 Å². The number of ether oxygens (including phenoxy) is 1. The van der Waals surface area contributed by atoms with Gasteiger partial charge in [-0.1, -0.05) is 18.1 Å². The number of halogens is 1. The second-order valence-electron chi connectivity index (χ2n) is 10.4. The molecule has 0 spiro atoms. The van der Waals surface area contributed by atoms with Crippen molar-refractivity contribution < 1.29 is 19.0 Å². The largest absolute Gasteiger partial charge is 0.507 e. The Morgan fingerprint density at radius 2 is 2.02 bits per heavy atom. The van der Waals surface area contributed by atoms with Gasteiger partial charge in [-0.2, -0.15) is 0 Å². The number of phenols is 1. The zero-order chi connectivity index (χ0) is 28.9. The first-order valence-corrected chi connectivity index (χ1v) is 12.9. The van der Waals surface area contributed by atoms with Gasteiger partial charge in [0.25, 0.3) is 0 Å². The van der Waals surface area contributed by atoms with Crippen LogP contribution in [-0.4, -0.2) is 69.2 Å². The standard InChI is InChI=1S/C28H33FN8O3/c1-18-11-13-36(22-16-21(34-35-25(22)30)19-8-5-6-9-23(19)38)14-15-37(18)26-20(29)17-32-24(33-26)10-7-12-31-27(39)40-28(2,3)4/h5-6,8-9,16-18,38H,11-15H2,1-4H3,(H2,30,35)(H,31,39)/t18-/m0/s1. The molecule has 12 heteroatoms. The van der Waals surface area contributed by atoms with Crippen molar-refractivity contribution in [1.29, 1.82) is 0 Å². The number of amides is 1. The molecule has 0 unspecified atom stereocenters. The Bertz CT molecular complexity index is 1430. The van der Waals surface area contributed by atoms with Crippen molar-refractivity contribution in [3.05, 3.63) is 48.2 Å². The van der Waals surface area contributed by atoms with Crippen molar-refractivity contribution in [2.24, 2.45) is 0 Å². The minimum absolute atomic E-state index is 0.0319. The van der Waals surface area contributed by atoms with E-state index in [2.05, 4.69) is 42.2 Å². The number of aromatic hydroxyl groups is 1. The number of hydrogen-bond donors (Lipinski definition) is 3. The first kappa shape index (κ1) is 28.4. The maximum absolute atomic E-state index is 14.9. The molecule has 40 heavy (non-hydrogen) atoms. The number of nitrogens with zero attached hydrogens (tertiary/aromatic N) is 6. The van der Waals surface area contributed by atoms with Crippen LogP contribution in [0.4, 0.5) is 26.5 Å². The van der Waals surface area contributed by atoms with E-state index in [1.807, 2.05) is 24.0 Å². The summed E-state index contributed by atoms with van der Waals surface area (Å²) >= 11 is 0. The number of nitrogens with one attached hydrogen (secondary N) is 1. The first-order chi connectivity index (χ1) is 19.0. The maximum Gasteiger partial charge on any atom is 0.408 e. The lowest BCUT2D eigenvalue weighted by atomic mass is 10.1. The summed E-state index contributed by atoms with van der Waals surface area (Å²) in [6.07, 6.45) is 1.22. The molecule has 3 heterocycles. The molecule has 0 aliphatic carbocycles. The summed E-state index contributed by atoms with van der Waals surface area (Å²) in [6.45, 7) is 8.96. The van der Waals surface area contributed by atoms with E-state index in [-0.39, 0.29) is 35.8 Å². The molecular formula is C28H33FN8O3. The van der Waals surface area contributed by atoms with Crippen LogP contribution >= 0.6 is 0 Å². The molecule has 1 saturated heterocycles. The maximum atomic E-state index is 14.9. The van der Waals surface area contributed by atoms with Crippen LogP contribution in [-0.2, 0) is 4.74 Å². The molecule has 1 aromatic carbocycles. The fourth-order valence-electron chi connectivity index (χ4n) is 4.25. The second kappa shape index (κ2) is 12.0. The van der Waals surface area contributed by atoms with Gasteiger partial charge in [-0.05, 0) is 58.2 Å². The van der Waals surface area contributed by atoms with Gasteiger partial charge in [-0.15, -0.1) is 10.2 Å². The number of rotatable bonds is 4. The minimum Gasteiger partial charge on any atom is -0.507 e. The van der Waals surface area contributed by atoms with E-state index in [1.54, 1.807) is 39.0 Å². The fourth-order valence-corrected chi connectivity index (χ4v) is 4.25. The topological polar surface area (TPSA) is 143 Å². The van der Waals surface area contributed by atoms with Crippen molar-refractivity contribution in [2.75, 3.05) is 41.7 Å². The first-order valence-electron chi connectivity index (χ1n) is 12.9. The molecule has 4 N–H and O–H groups in total. The number of carbonyl (C=O) groups is 1. The van der Waals surface area contributed by atoms with Gasteiger partial charge in [0, 0.05) is 31.2 Å². The molecule has 0 bridgehead atoms. The predicted molar refractivity (Wildman–Crippen MR) is 150 cm³/mol. The number of hydrogen-bond acceptors (Lipinski definition) is 10. The molecule has 1 amide bonds. The molecule has 1 fully saturated rings. The van der Waals surface area contributed by atoms with Crippen molar-refractivity contribution in [3.63, 3.8) is 0 Å². The summed E-state index contributed by atoms with van der Waals surface area (Å²) in [5.41, 5.74) is 7.33. The van der Waals surface area contributed by atoms with Crippen LogP contribution in [0.5, 0.6) is 5.75 Å². The van der Waals surface area contributed by atoms with Gasteiger partial charge in [0.2, 0.25) is 5.82 Å². The minimum atomic E-state index is -0.612. The van der Waals surface area contributed by atoms with E-state index in [0.29, 0.717) is 43.0 Å². The molecule has 4 rings (SSSR count). The average molecular weight is 549 g/mol. The SMILES string of the molecule is C[C@H]1CCN(c2cc(-c3ccccc3O)nnc2N)CCN1c1nc(C#CCNC(=O)OC(C)(C)C)ncc1F. The van der Waals surface area contributed by atoms with Crippen LogP contribution in [0.3, 0.4) is 0 Å². The third kappa shape index (κ3) is 7.05. The van der Waals surface area contributed by atoms with Gasteiger partial charge in [-0.3, -0.25) is 0 Å². The molecule has 1 aliphatic rings. The fraction of sp³-hybridized carbons (Fsp3) is 0.393. The highest BCUT2D eigenvalue weighted by molar-refractivity contribution is 5.74. The van der Waals surface area contributed by atoms with Crippen molar-refractivity contribution in [1.82, 2.24) is 25.5 Å². The van der Waals surface area contributed by atoms with Gasteiger partial charge in [0.1, 0.15) is 11.4 Å². The summed E-state index contributed by atoms with van der Waals surface area (Å²) in [5, 5.41) is 21.1. The summed E-state index contributed by atoms with van der Waals surface area (Å²) < 4.78 is 20.1. The summed E-state index contributed by atoms with van der Waals surface area (Å²) in [5.74, 6) is 5.66. The lowest BCUT2D eigenvalue weighted by molar-refractivity contribution is 0.0535. The zero-order valence-corrected chi connectivity index (χ0v) is 23.0. The molecule has 2 aromatic heterocycles. The number of phenolic OH excluding ortho intramolecular Hbond substituents is 1. The number of alkyl carbamates (subject to hydrolysis) is 1. The Kier molecular flexibility index (Phi) is 8.52. The monoisotopic (exact) mass is 548 g/mol. The van der Waals surface area contributed by atoms with Crippen LogP contribution in [0.25, 0.3) is 11.3 Å². The number of aromatic nitrogens is 4. The Labute approximate surface area is 232 Å². The third-order valence-electron chi connectivity index (χ3n) is 6.20. The normalized spacial score (nSPS) is 15.6. The van der Waals surface area contributed by atoms with Crippen LogP contribution < -0.4 is 20.9 Å². The molecule has 0 radical (unpaired) electrons. The summed E-state index contributed by atoms with van der Waals surface area (Å²) in [7, 11) is 0. The van der Waals surface area contributed by atoms with Gasteiger partial charge in [-0.25, -0.2) is 19.2 Å². The van der Waals surface area contributed by atoms with E-state index in [9.17, 15) is 14.3 Å². The highest BCUT2D eigenvalue weighted by atomic mass is 19.1. The third-order valence-corrected chi connectivity index (χ3v) is 6.20. The van der Waals surface area contributed by atoms with Crippen molar-refractivity contribution in [2.45, 2.75) is 45.8 Å². The molecule has 1 atom stereocenters. The number of benzene rings is 1.